The van der Waals surface area contributed by atoms with Gasteiger partial charge in [-0.3, -0.25) is 0 Å². The molecule has 0 unspecified atom stereocenters. The van der Waals surface area contributed by atoms with E-state index in [4.69, 9.17) is 4.74 Å². The Balaban J connectivity index is 2.26. The molecule has 0 fully saturated rings. The highest BCUT2D eigenvalue weighted by molar-refractivity contribution is 5.21. The van der Waals surface area contributed by atoms with Gasteiger partial charge in [0.15, 0.2) is 0 Å². The summed E-state index contributed by atoms with van der Waals surface area (Å²) in [6.07, 6.45) is 1.26. The molecule has 1 aromatic rings. The molecule has 90 valence electrons. The molecule has 0 saturated heterocycles. The van der Waals surface area contributed by atoms with Crippen LogP contribution in [-0.2, 0) is 0 Å². The second kappa shape index (κ2) is 6.48. The lowest BCUT2D eigenvalue weighted by Gasteiger charge is -2.13. The number of rotatable bonds is 6. The van der Waals surface area contributed by atoms with Gasteiger partial charge in [0.1, 0.15) is 18.2 Å². The van der Waals surface area contributed by atoms with Crippen LogP contribution in [0.3, 0.4) is 0 Å². The molecule has 3 heteroatoms. The van der Waals surface area contributed by atoms with Crippen LogP contribution < -0.4 is 4.74 Å². The summed E-state index contributed by atoms with van der Waals surface area (Å²) in [6, 6.07) is 5.81. The van der Waals surface area contributed by atoms with E-state index < -0.39 is 6.10 Å². The van der Waals surface area contributed by atoms with E-state index in [9.17, 15) is 9.50 Å². The van der Waals surface area contributed by atoms with Gasteiger partial charge in [0.05, 0.1) is 6.10 Å². The molecule has 0 bridgehead atoms. The predicted molar refractivity (Wildman–Crippen MR) is 62.0 cm³/mol. The van der Waals surface area contributed by atoms with Gasteiger partial charge in [0, 0.05) is 0 Å². The molecular formula is C13H19FO2. The number of hydrogen-bond donors (Lipinski definition) is 1. The first kappa shape index (κ1) is 13.0. The highest BCUT2D eigenvalue weighted by Gasteiger charge is 2.06. The van der Waals surface area contributed by atoms with Crippen molar-refractivity contribution in [2.75, 3.05) is 6.61 Å². The second-order valence-corrected chi connectivity index (χ2v) is 4.39. The smallest absolute Gasteiger partial charge is 0.123 e. The van der Waals surface area contributed by atoms with Crippen LogP contribution >= 0.6 is 0 Å². The lowest BCUT2D eigenvalue weighted by Crippen LogP contribution is -2.18. The van der Waals surface area contributed by atoms with E-state index in [1.807, 2.05) is 0 Å². The van der Waals surface area contributed by atoms with Crippen molar-refractivity contribution >= 4 is 0 Å². The highest BCUT2D eigenvalue weighted by Crippen LogP contribution is 2.13. The fourth-order valence-electron chi connectivity index (χ4n) is 1.33. The molecule has 0 heterocycles. The van der Waals surface area contributed by atoms with Gasteiger partial charge in [-0.1, -0.05) is 13.8 Å². The number of benzene rings is 1. The van der Waals surface area contributed by atoms with E-state index in [1.165, 1.54) is 12.1 Å². The molecule has 0 amide bonds. The predicted octanol–water partition coefficient (Wildman–Crippen LogP) is 3.00. The Kier molecular flexibility index (Phi) is 5.26. The van der Waals surface area contributed by atoms with Crippen LogP contribution in [-0.4, -0.2) is 17.8 Å². The molecule has 1 atom stereocenters. The van der Waals surface area contributed by atoms with Gasteiger partial charge in [-0.25, -0.2) is 4.39 Å². The summed E-state index contributed by atoms with van der Waals surface area (Å²) in [5.41, 5.74) is 0. The minimum atomic E-state index is -0.451. The average Bonchev–Trinajstić information content (AvgIpc) is 2.25. The van der Waals surface area contributed by atoms with E-state index in [0.29, 0.717) is 11.7 Å². The van der Waals surface area contributed by atoms with Crippen molar-refractivity contribution in [1.82, 2.24) is 0 Å². The number of aliphatic hydroxyl groups is 1. The monoisotopic (exact) mass is 226 g/mol. The van der Waals surface area contributed by atoms with Crippen molar-refractivity contribution in [2.24, 2.45) is 5.92 Å². The molecule has 0 aliphatic carbocycles. The molecule has 0 aromatic heterocycles. The van der Waals surface area contributed by atoms with Crippen molar-refractivity contribution in [2.45, 2.75) is 32.8 Å². The third-order valence-electron chi connectivity index (χ3n) is 2.33. The molecule has 1 N–H and O–H groups in total. The topological polar surface area (TPSA) is 29.5 Å². The first-order valence-corrected chi connectivity index (χ1v) is 5.64. The number of halogens is 1. The minimum Gasteiger partial charge on any atom is -0.491 e. The van der Waals surface area contributed by atoms with Gasteiger partial charge >= 0.3 is 0 Å². The minimum absolute atomic E-state index is 0.262. The van der Waals surface area contributed by atoms with Gasteiger partial charge in [-0.2, -0.15) is 0 Å². The maximum absolute atomic E-state index is 12.6. The van der Waals surface area contributed by atoms with Gasteiger partial charge in [0.2, 0.25) is 0 Å². The van der Waals surface area contributed by atoms with Gasteiger partial charge in [-0.05, 0) is 43.0 Å². The zero-order chi connectivity index (χ0) is 12.0. The summed E-state index contributed by atoms with van der Waals surface area (Å²) in [5.74, 6) is 0.887. The molecule has 0 aliphatic heterocycles. The van der Waals surface area contributed by atoms with Crippen LogP contribution in [0.5, 0.6) is 5.75 Å². The van der Waals surface area contributed by atoms with Gasteiger partial charge in [0.25, 0.3) is 0 Å². The van der Waals surface area contributed by atoms with Crippen molar-refractivity contribution in [3.05, 3.63) is 30.1 Å². The Morgan fingerprint density at radius 1 is 1.19 bits per heavy atom. The van der Waals surface area contributed by atoms with Crippen LogP contribution in [0.2, 0.25) is 0 Å². The molecule has 0 radical (unpaired) electrons. The standard InChI is InChI=1S/C13H19FO2/c1-10(2)3-6-12(15)9-16-13-7-4-11(14)5-8-13/h4-5,7-8,10,12,15H,3,6,9H2,1-2H3/t12-/m0/s1. The number of ether oxygens (including phenoxy) is 1. The zero-order valence-electron chi connectivity index (χ0n) is 9.82. The van der Waals surface area contributed by atoms with Crippen molar-refractivity contribution < 1.29 is 14.2 Å². The lowest BCUT2D eigenvalue weighted by molar-refractivity contribution is 0.0950. The largest absolute Gasteiger partial charge is 0.491 e. The number of aliphatic hydroxyl groups excluding tert-OH is 1. The maximum Gasteiger partial charge on any atom is 0.123 e. The molecular weight excluding hydrogens is 207 g/mol. The van der Waals surface area contributed by atoms with Crippen molar-refractivity contribution in [3.8, 4) is 5.75 Å². The van der Waals surface area contributed by atoms with Gasteiger partial charge in [-0.15, -0.1) is 0 Å². The maximum atomic E-state index is 12.6. The Morgan fingerprint density at radius 2 is 1.81 bits per heavy atom. The summed E-state index contributed by atoms with van der Waals surface area (Å²) in [6.45, 7) is 4.50. The summed E-state index contributed by atoms with van der Waals surface area (Å²) < 4.78 is 17.9. The molecule has 1 rings (SSSR count). The Hall–Kier alpha value is -1.09. The first-order chi connectivity index (χ1) is 7.58. The fourth-order valence-corrected chi connectivity index (χ4v) is 1.33. The quantitative estimate of drug-likeness (QED) is 0.808. The van der Waals surface area contributed by atoms with Crippen LogP contribution in [0.15, 0.2) is 24.3 Å². The van der Waals surface area contributed by atoms with E-state index in [-0.39, 0.29) is 12.4 Å². The van der Waals surface area contributed by atoms with Crippen LogP contribution in [0, 0.1) is 11.7 Å². The van der Waals surface area contributed by atoms with Crippen LogP contribution in [0.25, 0.3) is 0 Å². The number of hydrogen-bond acceptors (Lipinski definition) is 2. The summed E-state index contributed by atoms with van der Waals surface area (Å²) in [5, 5.41) is 9.61. The van der Waals surface area contributed by atoms with E-state index in [1.54, 1.807) is 12.1 Å². The van der Waals surface area contributed by atoms with E-state index in [2.05, 4.69) is 13.8 Å². The SMILES string of the molecule is CC(C)CC[C@H](O)COc1ccc(F)cc1. The molecule has 0 aliphatic rings. The third-order valence-corrected chi connectivity index (χ3v) is 2.33. The second-order valence-electron chi connectivity index (χ2n) is 4.39. The van der Waals surface area contributed by atoms with E-state index in [0.717, 1.165) is 12.8 Å². The normalized spacial score (nSPS) is 12.8. The summed E-state index contributed by atoms with van der Waals surface area (Å²) in [7, 11) is 0. The highest BCUT2D eigenvalue weighted by atomic mass is 19.1. The average molecular weight is 226 g/mol. The first-order valence-electron chi connectivity index (χ1n) is 5.64. The van der Waals surface area contributed by atoms with Crippen LogP contribution in [0.4, 0.5) is 4.39 Å². The Bertz CT molecular complexity index is 295. The molecule has 16 heavy (non-hydrogen) atoms. The Labute approximate surface area is 96.1 Å². The molecule has 2 nitrogen and oxygen atoms in total. The summed E-state index contributed by atoms with van der Waals surface area (Å²) >= 11 is 0. The molecule has 0 spiro atoms. The molecule has 0 saturated carbocycles. The Morgan fingerprint density at radius 3 is 2.38 bits per heavy atom. The molecule has 1 aromatic carbocycles. The lowest BCUT2D eigenvalue weighted by atomic mass is 10.1. The third kappa shape index (κ3) is 5.12. The van der Waals surface area contributed by atoms with Crippen molar-refractivity contribution in [1.29, 1.82) is 0 Å². The van der Waals surface area contributed by atoms with Crippen molar-refractivity contribution in [3.63, 3.8) is 0 Å². The zero-order valence-corrected chi connectivity index (χ0v) is 9.82. The van der Waals surface area contributed by atoms with Gasteiger partial charge < -0.3 is 9.84 Å². The van der Waals surface area contributed by atoms with E-state index >= 15 is 0 Å². The fraction of sp³-hybridized carbons (Fsp3) is 0.538. The van der Waals surface area contributed by atoms with Crippen LogP contribution in [0.1, 0.15) is 26.7 Å². The summed E-state index contributed by atoms with van der Waals surface area (Å²) in [4.78, 5) is 0.